The molecule has 9 aromatic heterocycles. The number of hydrogen-bond donors (Lipinski definition) is 0. The molecule has 1 fully saturated rings. The second-order valence-electron chi connectivity index (χ2n) is 24.1. The summed E-state index contributed by atoms with van der Waals surface area (Å²) in [5.74, 6) is 1.01. The fraction of sp³-hybridized carbons (Fsp3) is 0.250. The van der Waals surface area contributed by atoms with Crippen LogP contribution in [0.15, 0.2) is 214 Å². The van der Waals surface area contributed by atoms with E-state index in [-0.39, 0.29) is 5.75 Å². The highest BCUT2D eigenvalue weighted by molar-refractivity contribution is 7.92. The van der Waals surface area contributed by atoms with Gasteiger partial charge in [0.25, 0.3) is 0 Å². The van der Waals surface area contributed by atoms with E-state index in [2.05, 4.69) is 181 Å². The Balaban J connectivity index is 0.000000131. The van der Waals surface area contributed by atoms with Crippen LogP contribution in [0.2, 0.25) is 0 Å². The number of aryl methyl sites for hydroxylation is 7. The average Bonchev–Trinajstić information content (AvgIpc) is 1.72. The minimum Gasteiger partial charge on any atom is -0.261 e. The number of rotatable bonds is 22. The van der Waals surface area contributed by atoms with Crippen LogP contribution < -0.4 is 0 Å². The average molecular weight is 1380 g/mol. The predicted molar refractivity (Wildman–Crippen MR) is 405 cm³/mol. The van der Waals surface area contributed by atoms with Gasteiger partial charge in [-0.1, -0.05) is 180 Å². The van der Waals surface area contributed by atoms with Crippen LogP contribution in [0.4, 0.5) is 0 Å². The van der Waals surface area contributed by atoms with Crippen LogP contribution in [0, 0.1) is 19.8 Å². The Morgan fingerprint density at radius 2 is 0.698 bits per heavy atom. The van der Waals surface area contributed by atoms with E-state index in [1.807, 2.05) is 72.6 Å². The number of pyridine rings is 4. The molecule has 0 atom stereocenters. The molecule has 0 saturated heterocycles. The number of thiophene rings is 1. The smallest absolute Gasteiger partial charge is 0.191 e. The van der Waals surface area contributed by atoms with E-state index >= 15 is 0 Å². The number of thiazole rings is 4. The van der Waals surface area contributed by atoms with Gasteiger partial charge in [-0.15, -0.1) is 56.7 Å². The van der Waals surface area contributed by atoms with Gasteiger partial charge in [0.1, 0.15) is 24.2 Å². The van der Waals surface area contributed by atoms with Gasteiger partial charge in [-0.25, -0.2) is 28.4 Å². The second-order valence-corrected chi connectivity index (χ2v) is 30.7. The SMILES string of the molecule is CCCc1cc(-c2nc(-c3ccc(C)cc3)cs2)ccn1.CCCc1cc(-c2nc(-c3ccc(C)cc3)cs2)ccn1.CCCc1cc(-c2nc(-c3ccc(CCC4CC4)cc3)cs2)ccn1.CCCc1cc(-c2nc(-c3ccc(CS(=O)(=O)c4cccs4)cc3)cs2)ccn1. The van der Waals surface area contributed by atoms with Crippen molar-refractivity contribution in [1.82, 2.24) is 39.9 Å². The number of benzene rings is 4. The normalized spacial score (nSPS) is 11.9. The van der Waals surface area contributed by atoms with Gasteiger partial charge in [0.2, 0.25) is 0 Å². The number of hydrogen-bond acceptors (Lipinski definition) is 15. The van der Waals surface area contributed by atoms with Gasteiger partial charge >= 0.3 is 0 Å². The molecule has 0 radical (unpaired) electrons. The molecule has 13 aromatic rings. The van der Waals surface area contributed by atoms with E-state index in [1.54, 1.807) is 62.9 Å². The Morgan fingerprint density at radius 3 is 1.00 bits per heavy atom. The lowest BCUT2D eigenvalue weighted by Crippen LogP contribution is -2.02. The summed E-state index contributed by atoms with van der Waals surface area (Å²) >= 11 is 7.95. The lowest BCUT2D eigenvalue weighted by atomic mass is 10.0. The van der Waals surface area contributed by atoms with Crippen molar-refractivity contribution in [2.24, 2.45) is 5.92 Å². The Morgan fingerprint density at radius 1 is 0.375 bits per heavy atom. The third-order valence-corrected chi connectivity index (χ3v) is 22.9. The number of nitrogens with zero attached hydrogens (tertiary/aromatic N) is 8. The maximum absolute atomic E-state index is 12.4. The van der Waals surface area contributed by atoms with Crippen molar-refractivity contribution in [3.05, 3.63) is 254 Å². The van der Waals surface area contributed by atoms with Crippen molar-refractivity contribution >= 4 is 66.5 Å². The first-order valence-corrected chi connectivity index (χ1v) is 39.2. The first kappa shape index (κ1) is 69.0. The Bertz CT molecular complexity index is 4540. The van der Waals surface area contributed by atoms with Gasteiger partial charge in [-0.05, 0) is 129 Å². The summed E-state index contributed by atoms with van der Waals surface area (Å²) in [6, 6.07) is 53.7. The molecule has 9 heterocycles. The molecule has 0 amide bonds. The minimum absolute atomic E-state index is 0.00727. The van der Waals surface area contributed by atoms with Crippen molar-refractivity contribution in [1.29, 1.82) is 0 Å². The molecule has 0 unspecified atom stereocenters. The fourth-order valence-corrected chi connectivity index (χ4v) is 16.5. The van der Waals surface area contributed by atoms with Crippen LogP contribution in [0.5, 0.6) is 0 Å². The molecule has 0 N–H and O–H groups in total. The molecular weight excluding hydrogens is 1300 g/mol. The predicted octanol–water partition coefficient (Wildman–Crippen LogP) is 22.3. The minimum atomic E-state index is -3.29. The van der Waals surface area contributed by atoms with E-state index in [9.17, 15) is 8.42 Å². The zero-order chi connectivity index (χ0) is 66.6. The summed E-state index contributed by atoms with van der Waals surface area (Å²) < 4.78 is 25.3. The molecule has 16 heteroatoms. The molecule has 1 saturated carbocycles. The van der Waals surface area contributed by atoms with E-state index < -0.39 is 9.84 Å². The molecule has 4 aromatic carbocycles. The largest absolute Gasteiger partial charge is 0.261 e. The van der Waals surface area contributed by atoms with Crippen LogP contribution in [-0.4, -0.2) is 48.3 Å². The third kappa shape index (κ3) is 19.4. The molecule has 0 bridgehead atoms. The van der Waals surface area contributed by atoms with Crippen LogP contribution in [0.25, 0.3) is 87.3 Å². The summed E-state index contributed by atoms with van der Waals surface area (Å²) in [6.07, 6.45) is 21.4. The molecule has 1 aliphatic rings. The van der Waals surface area contributed by atoms with Crippen molar-refractivity contribution in [3.8, 4) is 87.3 Å². The molecule has 488 valence electrons. The van der Waals surface area contributed by atoms with Crippen LogP contribution in [0.3, 0.4) is 0 Å². The van der Waals surface area contributed by atoms with E-state index in [0.29, 0.717) is 4.21 Å². The van der Waals surface area contributed by atoms with Crippen LogP contribution in [0.1, 0.15) is 118 Å². The Kier molecular flexibility index (Phi) is 24.5. The van der Waals surface area contributed by atoms with E-state index in [1.165, 1.54) is 76.0 Å². The summed E-state index contributed by atoms with van der Waals surface area (Å²) in [5.41, 5.74) is 22.5. The monoisotopic (exact) mass is 1380 g/mol. The molecule has 10 nitrogen and oxygen atoms in total. The quantitative estimate of drug-likeness (QED) is 0.0645. The molecule has 1 aliphatic carbocycles. The zero-order valence-electron chi connectivity index (χ0n) is 55.3. The Labute approximate surface area is 586 Å². The highest BCUT2D eigenvalue weighted by Gasteiger charge is 2.21. The van der Waals surface area contributed by atoms with Crippen LogP contribution in [-0.2, 0) is 47.7 Å². The van der Waals surface area contributed by atoms with E-state index in [0.717, 1.165) is 151 Å². The zero-order valence-corrected chi connectivity index (χ0v) is 60.2. The van der Waals surface area contributed by atoms with Crippen molar-refractivity contribution in [2.75, 3.05) is 0 Å². The third-order valence-electron chi connectivity index (χ3n) is 16.2. The standard InChI is InChI=1S/C22H20N2O2S3.C22H24N2S.2C18H18N2S/c1-2-4-19-13-18(10-11-23-19)22-24-20(14-28-22)17-8-6-16(7-9-17)15-29(25,26)21-5-3-12-27-21;1-2-3-20-14-19(12-13-23-20)22-24-21(15-25-22)18-10-8-17(9-11-18)7-6-16-4-5-16;2*1-3-4-16-11-15(9-10-19-16)18-20-17(12-21-18)14-7-5-13(2)6-8-14/h3,5-14H,2,4,15H2,1H3;8-16H,2-7H2,1H3;2*5-12H,3-4H2,1-2H3. The highest BCUT2D eigenvalue weighted by atomic mass is 32.2. The van der Waals surface area contributed by atoms with Crippen molar-refractivity contribution in [2.45, 2.75) is 129 Å². The van der Waals surface area contributed by atoms with Crippen molar-refractivity contribution in [3.63, 3.8) is 0 Å². The molecule has 0 aliphatic heterocycles. The summed E-state index contributed by atoms with van der Waals surface area (Å²) in [4.78, 5) is 36.8. The van der Waals surface area contributed by atoms with E-state index in [4.69, 9.17) is 19.9 Å². The lowest BCUT2D eigenvalue weighted by molar-refractivity contribution is 0.597. The first-order valence-electron chi connectivity index (χ1n) is 33.1. The van der Waals surface area contributed by atoms with Crippen LogP contribution >= 0.6 is 56.7 Å². The molecule has 0 spiro atoms. The summed E-state index contributed by atoms with van der Waals surface area (Å²) in [6.45, 7) is 12.9. The van der Waals surface area contributed by atoms with Gasteiger partial charge < -0.3 is 0 Å². The fourth-order valence-electron chi connectivity index (χ4n) is 10.7. The van der Waals surface area contributed by atoms with Crippen molar-refractivity contribution < 1.29 is 8.42 Å². The molecular formula is C80H80N8O2S6. The molecule has 96 heavy (non-hydrogen) atoms. The van der Waals surface area contributed by atoms with Gasteiger partial charge in [0, 0.05) is 114 Å². The molecule has 14 rings (SSSR count). The maximum atomic E-state index is 12.4. The van der Waals surface area contributed by atoms with Gasteiger partial charge in [0.15, 0.2) is 9.84 Å². The summed E-state index contributed by atoms with van der Waals surface area (Å²) in [5, 5.41) is 14.4. The number of sulfone groups is 1. The lowest BCUT2D eigenvalue weighted by Gasteiger charge is -2.04. The summed E-state index contributed by atoms with van der Waals surface area (Å²) in [7, 11) is -3.29. The number of aromatic nitrogens is 8. The Hall–Kier alpha value is -8.35. The maximum Gasteiger partial charge on any atom is 0.191 e. The van der Waals surface area contributed by atoms with Gasteiger partial charge in [0.05, 0.1) is 28.5 Å². The van der Waals surface area contributed by atoms with Gasteiger partial charge in [-0.3, -0.25) is 19.9 Å². The first-order chi connectivity index (χ1) is 46.9. The topological polar surface area (TPSA) is 137 Å². The second kappa shape index (κ2) is 34.0. The highest BCUT2D eigenvalue weighted by Crippen LogP contribution is 2.36. The van der Waals surface area contributed by atoms with Gasteiger partial charge in [-0.2, -0.15) is 0 Å².